The number of nitrogens with one attached hydrogen (secondary N) is 2. The van der Waals surface area contributed by atoms with Crippen LogP contribution in [0.3, 0.4) is 0 Å². The molecule has 0 fully saturated rings. The minimum atomic E-state index is -0.904. The van der Waals surface area contributed by atoms with Gasteiger partial charge in [0.05, 0.1) is 0 Å². The summed E-state index contributed by atoms with van der Waals surface area (Å²) >= 11 is 0. The van der Waals surface area contributed by atoms with Crippen LogP contribution in [-0.2, 0) is 14.3 Å². The van der Waals surface area contributed by atoms with Crippen LogP contribution in [0.1, 0.15) is 58.7 Å². The van der Waals surface area contributed by atoms with Gasteiger partial charge in [-0.2, -0.15) is 0 Å². The highest BCUT2D eigenvalue weighted by molar-refractivity contribution is 5.99. The maximum absolute atomic E-state index is 13.6. The van der Waals surface area contributed by atoms with Crippen LogP contribution in [0.15, 0.2) is 54.6 Å². The number of aryl methyl sites for hydroxylation is 1. The lowest BCUT2D eigenvalue weighted by molar-refractivity contribution is -0.144. The molecule has 1 atom stereocenters. The molecule has 7 heteroatoms. The minimum Gasteiger partial charge on any atom is -0.444 e. The van der Waals surface area contributed by atoms with Crippen molar-refractivity contribution in [3.63, 3.8) is 0 Å². The number of ether oxygens (including phenoxy) is 1. The van der Waals surface area contributed by atoms with Crippen molar-refractivity contribution in [3.8, 4) is 0 Å². The first-order valence-electron chi connectivity index (χ1n) is 11.0. The van der Waals surface area contributed by atoms with E-state index in [9.17, 15) is 14.4 Å². The number of hydrogen-bond donors (Lipinski definition) is 2. The predicted molar refractivity (Wildman–Crippen MR) is 130 cm³/mol. The second-order valence-electron chi connectivity index (χ2n) is 9.91. The largest absolute Gasteiger partial charge is 0.444 e. The van der Waals surface area contributed by atoms with E-state index in [-0.39, 0.29) is 12.5 Å². The first-order valence-corrected chi connectivity index (χ1v) is 11.0. The molecule has 0 aliphatic heterocycles. The molecular weight excluding hydrogens is 418 g/mol. The van der Waals surface area contributed by atoms with E-state index in [0.717, 1.165) is 5.56 Å². The highest BCUT2D eigenvalue weighted by atomic mass is 16.6. The van der Waals surface area contributed by atoms with Crippen LogP contribution < -0.4 is 10.6 Å². The van der Waals surface area contributed by atoms with E-state index in [4.69, 9.17) is 4.74 Å². The number of benzene rings is 2. The van der Waals surface area contributed by atoms with Crippen molar-refractivity contribution in [2.75, 3.05) is 11.9 Å². The number of nitrogens with zero attached hydrogens (tertiary/aromatic N) is 1. The smallest absolute Gasteiger partial charge is 0.408 e. The Kier molecular flexibility index (Phi) is 8.25. The highest BCUT2D eigenvalue weighted by Crippen LogP contribution is 2.30. The van der Waals surface area contributed by atoms with Gasteiger partial charge in [0.1, 0.15) is 18.2 Å². The number of anilines is 1. The van der Waals surface area contributed by atoms with Crippen LogP contribution in [0.5, 0.6) is 0 Å². The van der Waals surface area contributed by atoms with Crippen molar-refractivity contribution < 1.29 is 19.1 Å². The van der Waals surface area contributed by atoms with Gasteiger partial charge in [-0.1, -0.05) is 48.5 Å². The molecule has 1 unspecified atom stereocenters. The van der Waals surface area contributed by atoms with Gasteiger partial charge >= 0.3 is 6.09 Å². The van der Waals surface area contributed by atoms with Gasteiger partial charge < -0.3 is 20.3 Å². The molecule has 0 spiro atoms. The van der Waals surface area contributed by atoms with Crippen LogP contribution in [0.4, 0.5) is 10.5 Å². The fraction of sp³-hybridized carbons (Fsp3) is 0.423. The zero-order valence-electron chi connectivity index (χ0n) is 20.6. The molecule has 7 nitrogen and oxygen atoms in total. The molecule has 0 bridgehead atoms. The summed E-state index contributed by atoms with van der Waals surface area (Å²) in [5.74, 6) is -0.738. The lowest BCUT2D eigenvalue weighted by Gasteiger charge is -2.41. The van der Waals surface area contributed by atoms with Crippen LogP contribution in [0.25, 0.3) is 0 Å². The van der Waals surface area contributed by atoms with Gasteiger partial charge in [-0.3, -0.25) is 9.59 Å². The predicted octanol–water partition coefficient (Wildman–Crippen LogP) is 4.83. The summed E-state index contributed by atoms with van der Waals surface area (Å²) in [6.45, 7) is 12.4. The molecule has 2 aromatic carbocycles. The maximum Gasteiger partial charge on any atom is 0.408 e. The van der Waals surface area contributed by atoms with Crippen molar-refractivity contribution >= 4 is 23.6 Å². The molecule has 0 aromatic heterocycles. The van der Waals surface area contributed by atoms with Gasteiger partial charge in [-0.05, 0) is 65.7 Å². The fourth-order valence-electron chi connectivity index (χ4n) is 3.42. The monoisotopic (exact) mass is 453 g/mol. The van der Waals surface area contributed by atoms with Crippen molar-refractivity contribution in [1.82, 2.24) is 10.2 Å². The third kappa shape index (κ3) is 7.63. The first-order chi connectivity index (χ1) is 15.3. The average molecular weight is 454 g/mol. The molecule has 178 valence electrons. The van der Waals surface area contributed by atoms with E-state index in [1.165, 1.54) is 4.90 Å². The summed E-state index contributed by atoms with van der Waals surface area (Å²) in [7, 11) is 0. The van der Waals surface area contributed by atoms with Gasteiger partial charge in [-0.15, -0.1) is 0 Å². The van der Waals surface area contributed by atoms with Gasteiger partial charge in [0.15, 0.2) is 0 Å². The standard InChI is InChI=1S/C26H35N3O4/c1-18-13-11-12-16-20(18)28-23(31)22(19-14-9-8-10-15-19)29(25(2,3)4)21(30)17-27-24(32)33-26(5,6)7/h8-16,22H,17H2,1-7H3,(H,27,32)(H,28,31). The molecular formula is C26H35N3O4. The number of amides is 3. The van der Waals surface area contributed by atoms with Gasteiger partial charge in [0.2, 0.25) is 5.91 Å². The molecule has 2 N–H and O–H groups in total. The van der Waals surface area contributed by atoms with E-state index in [2.05, 4.69) is 10.6 Å². The summed E-state index contributed by atoms with van der Waals surface area (Å²) in [6.07, 6.45) is -0.690. The lowest BCUT2D eigenvalue weighted by atomic mass is 9.96. The zero-order chi connectivity index (χ0) is 24.8. The van der Waals surface area contributed by atoms with Crippen LogP contribution in [-0.4, -0.2) is 40.5 Å². The van der Waals surface area contributed by atoms with E-state index in [1.807, 2.05) is 82.3 Å². The number of rotatable bonds is 6. The number of alkyl carbamates (subject to hydrolysis) is 1. The van der Waals surface area contributed by atoms with E-state index in [1.54, 1.807) is 20.8 Å². The van der Waals surface area contributed by atoms with Gasteiger partial charge in [0, 0.05) is 11.2 Å². The third-order valence-electron chi connectivity index (χ3n) is 4.80. The molecule has 2 aromatic rings. The Morgan fingerprint density at radius 1 is 0.909 bits per heavy atom. The summed E-state index contributed by atoms with van der Waals surface area (Å²) in [5, 5.41) is 5.48. The summed E-state index contributed by atoms with van der Waals surface area (Å²) in [5.41, 5.74) is 0.867. The molecule has 2 rings (SSSR count). The number of para-hydroxylation sites is 1. The molecule has 0 aliphatic carbocycles. The first kappa shape index (κ1) is 25.9. The van der Waals surface area contributed by atoms with Crippen LogP contribution in [0.2, 0.25) is 0 Å². The Morgan fingerprint density at radius 3 is 2.03 bits per heavy atom. The minimum absolute atomic E-state index is 0.298. The quantitative estimate of drug-likeness (QED) is 0.656. The Labute approximate surface area is 196 Å². The third-order valence-corrected chi connectivity index (χ3v) is 4.80. The summed E-state index contributed by atoms with van der Waals surface area (Å²) < 4.78 is 5.24. The fourth-order valence-corrected chi connectivity index (χ4v) is 3.42. The Balaban J connectivity index is 2.37. The zero-order valence-corrected chi connectivity index (χ0v) is 20.6. The highest BCUT2D eigenvalue weighted by Gasteiger charge is 2.38. The van der Waals surface area contributed by atoms with Crippen molar-refractivity contribution in [2.24, 2.45) is 0 Å². The summed E-state index contributed by atoms with van der Waals surface area (Å²) in [4.78, 5) is 40.6. The number of hydrogen-bond acceptors (Lipinski definition) is 4. The Hall–Kier alpha value is -3.35. The molecule has 0 heterocycles. The molecule has 3 amide bonds. The van der Waals surface area contributed by atoms with E-state index < -0.39 is 29.2 Å². The molecule has 0 aliphatic rings. The average Bonchev–Trinajstić information content (AvgIpc) is 2.70. The normalized spacial score (nSPS) is 12.5. The molecule has 0 radical (unpaired) electrons. The van der Waals surface area contributed by atoms with Crippen molar-refractivity contribution in [3.05, 3.63) is 65.7 Å². The molecule has 0 saturated heterocycles. The number of carbonyl (C=O) groups excluding carboxylic acids is 3. The van der Waals surface area contributed by atoms with E-state index in [0.29, 0.717) is 11.3 Å². The molecule has 0 saturated carbocycles. The second-order valence-corrected chi connectivity index (χ2v) is 9.91. The van der Waals surface area contributed by atoms with Crippen molar-refractivity contribution in [2.45, 2.75) is 65.6 Å². The van der Waals surface area contributed by atoms with Crippen molar-refractivity contribution in [1.29, 1.82) is 0 Å². The van der Waals surface area contributed by atoms with Crippen LogP contribution >= 0.6 is 0 Å². The van der Waals surface area contributed by atoms with Crippen LogP contribution in [0, 0.1) is 6.92 Å². The van der Waals surface area contributed by atoms with Gasteiger partial charge in [-0.25, -0.2) is 4.79 Å². The number of carbonyl (C=O) groups is 3. The van der Waals surface area contributed by atoms with Gasteiger partial charge in [0.25, 0.3) is 5.91 Å². The summed E-state index contributed by atoms with van der Waals surface area (Å²) in [6, 6.07) is 15.7. The lowest BCUT2D eigenvalue weighted by Crippen LogP contribution is -2.54. The Morgan fingerprint density at radius 2 is 1.48 bits per heavy atom. The van der Waals surface area contributed by atoms with E-state index >= 15 is 0 Å². The SMILES string of the molecule is Cc1ccccc1NC(=O)C(c1ccccc1)N(C(=O)CNC(=O)OC(C)(C)C)C(C)(C)C. The topological polar surface area (TPSA) is 87.7 Å². The maximum atomic E-state index is 13.6. The Bertz CT molecular complexity index is 975. The molecule has 33 heavy (non-hydrogen) atoms. The second kappa shape index (κ2) is 10.5.